The molecular formula is C16H23N3S. The maximum atomic E-state index is 4.31. The molecule has 0 radical (unpaired) electrons. The van der Waals surface area contributed by atoms with Gasteiger partial charge in [-0.05, 0) is 48.5 Å². The summed E-state index contributed by atoms with van der Waals surface area (Å²) < 4.78 is 4.16. The summed E-state index contributed by atoms with van der Waals surface area (Å²) in [5.74, 6) is 0.418. The van der Waals surface area contributed by atoms with Crippen LogP contribution in [0.15, 0.2) is 24.3 Å². The normalized spacial score (nSPS) is 12.8. The van der Waals surface area contributed by atoms with E-state index in [2.05, 4.69) is 66.9 Å². The maximum Gasteiger partial charge on any atom is 0.0829 e. The lowest BCUT2D eigenvalue weighted by Gasteiger charge is -2.19. The van der Waals surface area contributed by atoms with Crippen molar-refractivity contribution in [2.45, 2.75) is 46.1 Å². The lowest BCUT2D eigenvalue weighted by atomic mass is 9.97. The molecule has 0 saturated carbocycles. The lowest BCUT2D eigenvalue weighted by Crippen LogP contribution is -2.23. The Morgan fingerprint density at radius 2 is 2.00 bits per heavy atom. The molecule has 0 aliphatic rings. The first kappa shape index (κ1) is 15.1. The first-order valence-electron chi connectivity index (χ1n) is 7.23. The molecule has 1 heterocycles. The number of rotatable bonds is 6. The standard InChI is InChI=1S/C16H23N3S/c1-5-17-14(10-13-9-7-6-8-12(13)4)16-15(11(2)3)18-19-20-16/h6-9,11,14,17H,5,10H2,1-4H3. The molecule has 108 valence electrons. The van der Waals surface area contributed by atoms with E-state index in [9.17, 15) is 0 Å². The molecule has 0 aliphatic heterocycles. The molecule has 1 aromatic carbocycles. The lowest BCUT2D eigenvalue weighted by molar-refractivity contribution is 0.548. The summed E-state index contributed by atoms with van der Waals surface area (Å²) in [5, 5.41) is 7.90. The SMILES string of the molecule is CCNC(Cc1ccccc1C)c1snnc1C(C)C. The van der Waals surface area contributed by atoms with Gasteiger partial charge in [0.25, 0.3) is 0 Å². The van der Waals surface area contributed by atoms with Crippen LogP contribution in [0.2, 0.25) is 0 Å². The van der Waals surface area contributed by atoms with Crippen molar-refractivity contribution in [2.24, 2.45) is 0 Å². The molecule has 1 aromatic heterocycles. The summed E-state index contributed by atoms with van der Waals surface area (Å²) in [6, 6.07) is 8.89. The van der Waals surface area contributed by atoms with Crippen LogP contribution in [0.5, 0.6) is 0 Å². The van der Waals surface area contributed by atoms with E-state index < -0.39 is 0 Å². The van der Waals surface area contributed by atoms with E-state index in [-0.39, 0.29) is 0 Å². The molecule has 1 unspecified atom stereocenters. The molecule has 0 spiro atoms. The number of nitrogens with zero attached hydrogens (tertiary/aromatic N) is 2. The maximum absolute atomic E-state index is 4.31. The summed E-state index contributed by atoms with van der Waals surface area (Å²) in [6.07, 6.45) is 0.990. The fraction of sp³-hybridized carbons (Fsp3) is 0.500. The number of aryl methyl sites for hydroxylation is 1. The highest BCUT2D eigenvalue weighted by molar-refractivity contribution is 7.05. The van der Waals surface area contributed by atoms with Crippen LogP contribution in [-0.2, 0) is 6.42 Å². The van der Waals surface area contributed by atoms with Crippen LogP contribution < -0.4 is 5.32 Å². The highest BCUT2D eigenvalue weighted by atomic mass is 32.1. The van der Waals surface area contributed by atoms with Gasteiger partial charge in [-0.15, -0.1) is 5.10 Å². The molecule has 0 bridgehead atoms. The molecular weight excluding hydrogens is 266 g/mol. The van der Waals surface area contributed by atoms with E-state index in [4.69, 9.17) is 0 Å². The van der Waals surface area contributed by atoms with Crippen molar-refractivity contribution in [1.82, 2.24) is 14.9 Å². The zero-order chi connectivity index (χ0) is 14.5. The Morgan fingerprint density at radius 1 is 1.25 bits per heavy atom. The average Bonchev–Trinajstić information content (AvgIpc) is 2.90. The van der Waals surface area contributed by atoms with E-state index in [0.29, 0.717) is 12.0 Å². The number of likely N-dealkylation sites (N-methyl/N-ethyl adjacent to an activating group) is 1. The van der Waals surface area contributed by atoms with Crippen LogP contribution in [0.1, 0.15) is 54.4 Å². The highest BCUT2D eigenvalue weighted by Crippen LogP contribution is 2.29. The molecule has 20 heavy (non-hydrogen) atoms. The summed E-state index contributed by atoms with van der Waals surface area (Å²) in [4.78, 5) is 1.28. The quantitative estimate of drug-likeness (QED) is 0.877. The highest BCUT2D eigenvalue weighted by Gasteiger charge is 2.21. The second kappa shape index (κ2) is 6.95. The van der Waals surface area contributed by atoms with E-state index >= 15 is 0 Å². The molecule has 2 aromatic rings. The molecule has 0 amide bonds. The van der Waals surface area contributed by atoms with Gasteiger partial charge in [0.05, 0.1) is 10.6 Å². The van der Waals surface area contributed by atoms with Gasteiger partial charge in [0.1, 0.15) is 0 Å². The van der Waals surface area contributed by atoms with Crippen molar-refractivity contribution in [3.05, 3.63) is 46.0 Å². The van der Waals surface area contributed by atoms with Gasteiger partial charge >= 0.3 is 0 Å². The van der Waals surface area contributed by atoms with Gasteiger partial charge in [0, 0.05) is 6.04 Å². The first-order valence-corrected chi connectivity index (χ1v) is 8.00. The second-order valence-corrected chi connectivity index (χ2v) is 6.20. The Balaban J connectivity index is 2.27. The summed E-state index contributed by atoms with van der Waals surface area (Å²) in [6.45, 7) is 9.63. The topological polar surface area (TPSA) is 37.8 Å². The van der Waals surface area contributed by atoms with Crippen molar-refractivity contribution in [3.63, 3.8) is 0 Å². The Labute approximate surface area is 125 Å². The smallest absolute Gasteiger partial charge is 0.0829 e. The Kier molecular flexibility index (Phi) is 5.26. The summed E-state index contributed by atoms with van der Waals surface area (Å²) in [5.41, 5.74) is 3.87. The third kappa shape index (κ3) is 3.44. The van der Waals surface area contributed by atoms with Crippen LogP contribution in [0, 0.1) is 6.92 Å². The molecule has 1 atom stereocenters. The average molecular weight is 289 g/mol. The molecule has 0 aliphatic carbocycles. The molecule has 2 rings (SSSR count). The van der Waals surface area contributed by atoms with Gasteiger partial charge in [-0.25, -0.2) is 0 Å². The predicted molar refractivity (Wildman–Crippen MR) is 85.3 cm³/mol. The number of hydrogen-bond acceptors (Lipinski definition) is 4. The van der Waals surface area contributed by atoms with Crippen molar-refractivity contribution in [2.75, 3.05) is 6.54 Å². The van der Waals surface area contributed by atoms with E-state index in [1.165, 1.54) is 27.5 Å². The minimum Gasteiger partial charge on any atom is -0.309 e. The molecule has 1 N–H and O–H groups in total. The van der Waals surface area contributed by atoms with E-state index in [1.807, 2.05) is 0 Å². The van der Waals surface area contributed by atoms with Crippen molar-refractivity contribution < 1.29 is 0 Å². The fourth-order valence-corrected chi connectivity index (χ4v) is 3.29. The Bertz CT molecular complexity index is 548. The van der Waals surface area contributed by atoms with Gasteiger partial charge in [-0.3, -0.25) is 0 Å². The van der Waals surface area contributed by atoms with Crippen molar-refractivity contribution in [1.29, 1.82) is 0 Å². The Morgan fingerprint density at radius 3 is 2.65 bits per heavy atom. The minimum atomic E-state index is 0.304. The van der Waals surface area contributed by atoms with Crippen LogP contribution in [-0.4, -0.2) is 16.1 Å². The number of aromatic nitrogens is 2. The van der Waals surface area contributed by atoms with Crippen molar-refractivity contribution in [3.8, 4) is 0 Å². The molecule has 0 fully saturated rings. The third-order valence-electron chi connectivity index (χ3n) is 3.54. The molecule has 0 saturated heterocycles. The molecule has 3 nitrogen and oxygen atoms in total. The van der Waals surface area contributed by atoms with Crippen molar-refractivity contribution >= 4 is 11.5 Å². The van der Waals surface area contributed by atoms with Gasteiger partial charge in [-0.2, -0.15) is 0 Å². The third-order valence-corrected chi connectivity index (χ3v) is 4.39. The number of hydrogen-bond donors (Lipinski definition) is 1. The first-order chi connectivity index (χ1) is 9.63. The van der Waals surface area contributed by atoms with Crippen LogP contribution in [0.25, 0.3) is 0 Å². The van der Waals surface area contributed by atoms with E-state index in [0.717, 1.165) is 18.7 Å². The number of benzene rings is 1. The monoisotopic (exact) mass is 289 g/mol. The summed E-state index contributed by atoms with van der Waals surface area (Å²) in [7, 11) is 0. The van der Waals surface area contributed by atoms with Gasteiger partial charge < -0.3 is 5.32 Å². The minimum absolute atomic E-state index is 0.304. The van der Waals surface area contributed by atoms with Crippen LogP contribution >= 0.6 is 11.5 Å². The van der Waals surface area contributed by atoms with Crippen LogP contribution in [0.3, 0.4) is 0 Å². The fourth-order valence-electron chi connectivity index (χ4n) is 2.41. The van der Waals surface area contributed by atoms with Gasteiger partial charge in [0.15, 0.2) is 0 Å². The van der Waals surface area contributed by atoms with Gasteiger partial charge in [-0.1, -0.05) is 49.5 Å². The van der Waals surface area contributed by atoms with Gasteiger partial charge in [0.2, 0.25) is 0 Å². The second-order valence-electron chi connectivity index (χ2n) is 5.42. The zero-order valence-corrected chi connectivity index (χ0v) is 13.5. The molecule has 4 heteroatoms. The predicted octanol–water partition coefficient (Wildman–Crippen LogP) is 3.86. The van der Waals surface area contributed by atoms with Crippen LogP contribution in [0.4, 0.5) is 0 Å². The number of nitrogens with one attached hydrogen (secondary N) is 1. The largest absolute Gasteiger partial charge is 0.309 e. The Hall–Kier alpha value is -1.26. The summed E-state index contributed by atoms with van der Waals surface area (Å²) >= 11 is 1.53. The zero-order valence-electron chi connectivity index (χ0n) is 12.7. The van der Waals surface area contributed by atoms with E-state index in [1.54, 1.807) is 0 Å².